The van der Waals surface area contributed by atoms with Gasteiger partial charge in [-0.1, -0.05) is 60.7 Å². The Kier molecular flexibility index (Phi) is 7.27. The molecule has 1 aliphatic heterocycles. The number of carbonyl (C=O) groups excluding carboxylic acids is 2. The van der Waals surface area contributed by atoms with E-state index in [0.717, 1.165) is 11.1 Å². The van der Waals surface area contributed by atoms with Crippen molar-refractivity contribution in [2.75, 3.05) is 13.1 Å². The number of hydrogen-bond donors (Lipinski definition) is 1. The van der Waals surface area contributed by atoms with Crippen LogP contribution in [-0.4, -0.2) is 41.9 Å². The van der Waals surface area contributed by atoms with Gasteiger partial charge in [0.25, 0.3) is 0 Å². The highest BCUT2D eigenvalue weighted by Gasteiger charge is 2.40. The lowest BCUT2D eigenvalue weighted by atomic mass is 9.94. The molecule has 1 aliphatic rings. The molecule has 1 heterocycles. The predicted octanol–water partition coefficient (Wildman–Crippen LogP) is 4.44. The summed E-state index contributed by atoms with van der Waals surface area (Å²) in [4.78, 5) is 26.2. The van der Waals surface area contributed by atoms with E-state index < -0.39 is 23.9 Å². The fraction of sp³-hybridized carbons (Fsp3) is 0.391. The number of hydrogen-bond acceptors (Lipinski definition) is 4. The van der Waals surface area contributed by atoms with Crippen molar-refractivity contribution in [3.8, 4) is 0 Å². The minimum atomic E-state index is -1.67. The fourth-order valence-corrected chi connectivity index (χ4v) is 3.37. The van der Waals surface area contributed by atoms with Gasteiger partial charge in [-0.25, -0.2) is 14.0 Å². The van der Waals surface area contributed by atoms with E-state index in [1.54, 1.807) is 0 Å². The quantitative estimate of drug-likeness (QED) is 0.785. The molecule has 0 bridgehead atoms. The van der Waals surface area contributed by atoms with Crippen LogP contribution in [0.4, 0.5) is 14.0 Å². The Morgan fingerprint density at radius 3 is 2.20 bits per heavy atom. The van der Waals surface area contributed by atoms with Crippen LogP contribution in [0.3, 0.4) is 0 Å². The number of likely N-dealkylation sites (tertiary alicyclic amines) is 1. The van der Waals surface area contributed by atoms with Crippen LogP contribution in [0.15, 0.2) is 60.7 Å². The Morgan fingerprint density at radius 1 is 1.03 bits per heavy atom. The Morgan fingerprint density at radius 2 is 1.60 bits per heavy atom. The van der Waals surface area contributed by atoms with Crippen molar-refractivity contribution in [1.29, 1.82) is 0 Å². The Bertz CT molecular complexity index is 830. The smallest absolute Gasteiger partial charge is 0.410 e. The normalized spacial score (nSPS) is 21.4. The van der Waals surface area contributed by atoms with Crippen molar-refractivity contribution in [3.63, 3.8) is 0 Å². The van der Waals surface area contributed by atoms with Crippen molar-refractivity contribution < 1.29 is 23.5 Å². The summed E-state index contributed by atoms with van der Waals surface area (Å²) >= 11 is 0. The van der Waals surface area contributed by atoms with Gasteiger partial charge in [0, 0.05) is 13.1 Å². The number of benzene rings is 2. The lowest BCUT2D eigenvalue weighted by Crippen LogP contribution is -2.53. The van der Waals surface area contributed by atoms with Crippen LogP contribution in [0.5, 0.6) is 0 Å². The molecular weight excluding hydrogens is 387 g/mol. The number of amides is 2. The minimum absolute atomic E-state index is 0.0149. The lowest BCUT2D eigenvalue weighted by molar-refractivity contribution is 0.0750. The molecule has 2 aromatic rings. The molecule has 6 nitrogen and oxygen atoms in total. The van der Waals surface area contributed by atoms with Crippen LogP contribution >= 0.6 is 0 Å². The molecule has 2 amide bonds. The fourth-order valence-electron chi connectivity index (χ4n) is 3.37. The largest absolute Gasteiger partial charge is 0.445 e. The molecule has 0 saturated carbocycles. The summed E-state index contributed by atoms with van der Waals surface area (Å²) in [6, 6.07) is 17.7. The van der Waals surface area contributed by atoms with Gasteiger partial charge < -0.3 is 19.7 Å². The van der Waals surface area contributed by atoms with Gasteiger partial charge >= 0.3 is 12.2 Å². The highest BCUT2D eigenvalue weighted by molar-refractivity contribution is 5.69. The first-order valence-electron chi connectivity index (χ1n) is 10.1. The van der Waals surface area contributed by atoms with Crippen molar-refractivity contribution in [3.05, 3.63) is 71.8 Å². The average molecular weight is 414 g/mol. The highest BCUT2D eigenvalue weighted by Crippen LogP contribution is 2.27. The second-order valence-corrected chi connectivity index (χ2v) is 7.63. The monoisotopic (exact) mass is 414 g/mol. The molecule has 7 heteroatoms. The van der Waals surface area contributed by atoms with Crippen LogP contribution in [0.2, 0.25) is 0 Å². The summed E-state index contributed by atoms with van der Waals surface area (Å²) in [7, 11) is 0. The van der Waals surface area contributed by atoms with E-state index in [4.69, 9.17) is 9.47 Å². The summed E-state index contributed by atoms with van der Waals surface area (Å²) in [5, 5.41) is 2.59. The van der Waals surface area contributed by atoms with E-state index >= 15 is 4.39 Å². The third kappa shape index (κ3) is 6.20. The number of alkyl halides is 1. The first-order chi connectivity index (χ1) is 14.4. The highest BCUT2D eigenvalue weighted by atomic mass is 19.1. The summed E-state index contributed by atoms with van der Waals surface area (Å²) < 4.78 is 25.7. The van der Waals surface area contributed by atoms with E-state index in [2.05, 4.69) is 5.32 Å². The Hall–Kier alpha value is -3.09. The van der Waals surface area contributed by atoms with Crippen LogP contribution in [0.25, 0.3) is 0 Å². The zero-order valence-electron chi connectivity index (χ0n) is 17.1. The van der Waals surface area contributed by atoms with Gasteiger partial charge in [0.2, 0.25) is 0 Å². The van der Waals surface area contributed by atoms with E-state index in [1.165, 1.54) is 11.8 Å². The molecule has 30 heavy (non-hydrogen) atoms. The molecular formula is C23H27FN2O4. The molecule has 1 saturated heterocycles. The topological polar surface area (TPSA) is 67.9 Å². The Balaban J connectivity index is 1.56. The van der Waals surface area contributed by atoms with Gasteiger partial charge in [-0.15, -0.1) is 0 Å². The van der Waals surface area contributed by atoms with Crippen molar-refractivity contribution in [2.45, 2.75) is 44.7 Å². The number of rotatable bonds is 5. The van der Waals surface area contributed by atoms with Crippen LogP contribution in [0.1, 0.15) is 30.9 Å². The number of nitrogens with one attached hydrogen (secondary N) is 1. The summed E-state index contributed by atoms with van der Waals surface area (Å²) in [6.45, 7) is 2.05. The Labute approximate surface area is 176 Å². The van der Waals surface area contributed by atoms with Crippen LogP contribution in [-0.2, 0) is 22.7 Å². The SMILES string of the molecule is C[C@]1(F)CCCN(C(=O)OCc2ccccc2)C[C@H]1NC(=O)OCc1ccccc1. The summed E-state index contributed by atoms with van der Waals surface area (Å²) in [5.41, 5.74) is 0.0399. The van der Waals surface area contributed by atoms with Crippen LogP contribution in [0, 0.1) is 0 Å². The maximum Gasteiger partial charge on any atom is 0.410 e. The maximum atomic E-state index is 15.2. The molecule has 0 aromatic heterocycles. The van der Waals surface area contributed by atoms with Gasteiger partial charge in [-0.3, -0.25) is 0 Å². The molecule has 160 valence electrons. The van der Waals surface area contributed by atoms with E-state index in [-0.39, 0.29) is 26.2 Å². The molecule has 0 radical (unpaired) electrons. The molecule has 0 unspecified atom stereocenters. The summed E-state index contributed by atoms with van der Waals surface area (Å²) in [5.74, 6) is 0. The van der Waals surface area contributed by atoms with E-state index in [1.807, 2.05) is 60.7 Å². The maximum absolute atomic E-state index is 15.2. The third-order valence-electron chi connectivity index (χ3n) is 5.19. The molecule has 0 spiro atoms. The van der Waals surface area contributed by atoms with Crippen molar-refractivity contribution in [2.24, 2.45) is 0 Å². The average Bonchev–Trinajstić information content (AvgIpc) is 2.90. The number of nitrogens with zero attached hydrogens (tertiary/aromatic N) is 1. The van der Waals surface area contributed by atoms with E-state index in [9.17, 15) is 9.59 Å². The van der Waals surface area contributed by atoms with Gasteiger partial charge in [0.1, 0.15) is 18.9 Å². The molecule has 0 aliphatic carbocycles. The second kappa shape index (κ2) is 10.1. The minimum Gasteiger partial charge on any atom is -0.445 e. The first kappa shape index (κ1) is 21.6. The van der Waals surface area contributed by atoms with Gasteiger partial charge in [0.05, 0.1) is 6.04 Å². The number of alkyl carbamates (subject to hydrolysis) is 1. The third-order valence-corrected chi connectivity index (χ3v) is 5.19. The molecule has 2 atom stereocenters. The van der Waals surface area contributed by atoms with Crippen LogP contribution < -0.4 is 5.32 Å². The molecule has 1 N–H and O–H groups in total. The second-order valence-electron chi connectivity index (χ2n) is 7.63. The number of ether oxygens (including phenoxy) is 2. The van der Waals surface area contributed by atoms with Gasteiger partial charge in [-0.2, -0.15) is 0 Å². The molecule has 1 fully saturated rings. The van der Waals surface area contributed by atoms with Gasteiger partial charge in [-0.05, 0) is 30.9 Å². The number of carbonyl (C=O) groups is 2. The van der Waals surface area contributed by atoms with Gasteiger partial charge in [0.15, 0.2) is 0 Å². The first-order valence-corrected chi connectivity index (χ1v) is 10.1. The lowest BCUT2D eigenvalue weighted by Gasteiger charge is -2.31. The zero-order valence-corrected chi connectivity index (χ0v) is 17.1. The predicted molar refractivity (Wildman–Crippen MR) is 110 cm³/mol. The van der Waals surface area contributed by atoms with Crippen molar-refractivity contribution >= 4 is 12.2 Å². The molecule has 2 aromatic carbocycles. The van der Waals surface area contributed by atoms with E-state index in [0.29, 0.717) is 13.0 Å². The summed E-state index contributed by atoms with van der Waals surface area (Å²) in [6.07, 6.45) is -0.544. The molecule has 3 rings (SSSR count). The zero-order chi connectivity index (χ0) is 21.4. The standard InChI is InChI=1S/C23H27FN2O4/c1-23(24)13-8-14-26(22(28)30-17-19-11-6-3-7-12-19)15-20(23)25-21(27)29-16-18-9-4-2-5-10-18/h2-7,9-12,20H,8,13-17H2,1H3,(H,25,27)/t20-,23+/m1/s1. The van der Waals surface area contributed by atoms with Crippen molar-refractivity contribution in [1.82, 2.24) is 10.2 Å². The number of halogens is 1.